The zero-order valence-corrected chi connectivity index (χ0v) is 39.9. The Morgan fingerprint density at radius 3 is 1.65 bits per heavy atom. The molecule has 1 amide bonds. The first-order valence-electron chi connectivity index (χ1n) is 21.2. The molecule has 0 aliphatic heterocycles. The molecule has 0 aliphatic carbocycles. The van der Waals surface area contributed by atoms with Gasteiger partial charge in [0.2, 0.25) is 0 Å². The van der Waals surface area contributed by atoms with Gasteiger partial charge >= 0.3 is 59.7 Å². The van der Waals surface area contributed by atoms with Crippen LogP contribution in [0, 0.1) is 0 Å². The van der Waals surface area contributed by atoms with Crippen LogP contribution in [0.25, 0.3) is 0 Å². The van der Waals surface area contributed by atoms with Crippen LogP contribution in [-0.4, -0.2) is 108 Å². The van der Waals surface area contributed by atoms with E-state index in [1.807, 2.05) is 0 Å². The van der Waals surface area contributed by atoms with Gasteiger partial charge in [-0.25, -0.2) is 9.59 Å². The second-order valence-electron chi connectivity index (χ2n) is 16.2. The van der Waals surface area contributed by atoms with Crippen LogP contribution in [0.1, 0.15) is 65.5 Å². The molecule has 0 radical (unpaired) electrons. The first-order valence-corrected chi connectivity index (χ1v) is 23.5. The van der Waals surface area contributed by atoms with Crippen molar-refractivity contribution in [3.05, 3.63) is 78.4 Å². The van der Waals surface area contributed by atoms with Gasteiger partial charge < -0.3 is 28.1 Å². The number of hydrogen-bond acceptors (Lipinski definition) is 8. The summed E-state index contributed by atoms with van der Waals surface area (Å²) < 4.78 is 270. The number of rotatable bonds is 28. The van der Waals surface area contributed by atoms with Crippen LogP contribution in [0.15, 0.2) is 72.8 Å². The molecule has 404 valence electrons. The van der Waals surface area contributed by atoms with E-state index in [1.165, 1.54) is 78.3 Å². The predicted octanol–water partition coefficient (Wildman–Crippen LogP) is 14.0. The summed E-state index contributed by atoms with van der Waals surface area (Å²) in [6.45, 7) is 6.12. The molecule has 1 N–H and O–H groups in total. The van der Waals surface area contributed by atoms with Crippen molar-refractivity contribution in [2.45, 2.75) is 131 Å². The molecule has 0 spiro atoms. The van der Waals surface area contributed by atoms with Crippen molar-refractivity contribution < 1.29 is 112 Å². The summed E-state index contributed by atoms with van der Waals surface area (Å²) in [5.74, 6) is -56.8. The molecule has 27 heteroatoms. The second kappa shape index (κ2) is 24.3. The monoisotopic (exact) mass is 1070 g/mol. The Kier molecular flexibility index (Phi) is 21.3. The Morgan fingerprint density at radius 2 is 1.17 bits per heavy atom. The van der Waals surface area contributed by atoms with Crippen LogP contribution in [0.2, 0.25) is 17.1 Å². The lowest BCUT2D eigenvalue weighted by molar-refractivity contribution is -0.461. The minimum absolute atomic E-state index is 0.107. The molecule has 71 heavy (non-hydrogen) atoms. The van der Waals surface area contributed by atoms with Crippen molar-refractivity contribution in [2.24, 2.45) is 0 Å². The number of amides is 1. The third-order valence-corrected chi connectivity index (χ3v) is 16.8. The molecule has 0 saturated heterocycles. The van der Waals surface area contributed by atoms with E-state index in [-0.39, 0.29) is 18.8 Å². The summed E-state index contributed by atoms with van der Waals surface area (Å²) >= 11 is 0. The molecule has 2 rings (SSSR count). The SMILES string of the molecule is CCOC(=O)/C=C/C=C/CC[C@@H](OC)[C@H](OC(=O)Nc1ccc(OC)cc1)c1ccc(OCCO[Si](CCC(F)(F)C(F)(F)C(F)(F)C(F)(F)C(F)(F)C(F)(F)C(F)(F)C(F)(F)F)(C(C)C)C(C)C)cc1. The van der Waals surface area contributed by atoms with E-state index in [0.29, 0.717) is 23.4 Å². The van der Waals surface area contributed by atoms with Crippen LogP contribution >= 0.6 is 0 Å². The quantitative estimate of drug-likeness (QED) is 0.0225. The zero-order valence-electron chi connectivity index (χ0n) is 38.9. The minimum atomic E-state index is -8.71. The number of benzene rings is 2. The van der Waals surface area contributed by atoms with Gasteiger partial charge in [0.25, 0.3) is 0 Å². The van der Waals surface area contributed by atoms with Gasteiger partial charge in [-0.3, -0.25) is 5.32 Å². The third kappa shape index (κ3) is 13.8. The van der Waals surface area contributed by atoms with E-state index < -0.39 is 117 Å². The lowest BCUT2D eigenvalue weighted by Crippen LogP contribution is -2.74. The predicted molar refractivity (Wildman–Crippen MR) is 225 cm³/mol. The molecule has 0 unspecified atom stereocenters. The molecule has 0 heterocycles. The van der Waals surface area contributed by atoms with E-state index in [9.17, 15) is 75.4 Å². The van der Waals surface area contributed by atoms with E-state index in [0.717, 1.165) is 0 Å². The third-order valence-electron chi connectivity index (χ3n) is 11.1. The molecule has 2 aromatic carbocycles. The highest BCUT2D eigenvalue weighted by Crippen LogP contribution is 2.64. The van der Waals surface area contributed by atoms with Gasteiger partial charge in [0, 0.05) is 25.3 Å². The Labute approximate surface area is 398 Å². The summed E-state index contributed by atoms with van der Waals surface area (Å²) in [5, 5.41) is 2.58. The van der Waals surface area contributed by atoms with Crippen molar-refractivity contribution in [2.75, 3.05) is 39.4 Å². The Hall–Kier alpha value is -4.79. The summed E-state index contributed by atoms with van der Waals surface area (Å²) in [7, 11) is -1.22. The Morgan fingerprint density at radius 1 is 0.662 bits per heavy atom. The molecule has 0 saturated carbocycles. The van der Waals surface area contributed by atoms with Crippen molar-refractivity contribution in [3.63, 3.8) is 0 Å². The number of allylic oxidation sites excluding steroid dienone is 3. The number of alkyl halides is 17. The lowest BCUT2D eigenvalue weighted by Gasteiger charge is -2.44. The number of anilines is 1. The molecule has 9 nitrogen and oxygen atoms in total. The summed E-state index contributed by atoms with van der Waals surface area (Å²) in [6.07, 6.45) is -6.54. The average Bonchev–Trinajstić information content (AvgIpc) is 3.27. The molecule has 2 aromatic rings. The number of esters is 1. The van der Waals surface area contributed by atoms with Crippen LogP contribution in [0.3, 0.4) is 0 Å². The summed E-state index contributed by atoms with van der Waals surface area (Å²) in [4.78, 5) is 24.7. The van der Waals surface area contributed by atoms with Crippen molar-refractivity contribution in [3.8, 4) is 11.5 Å². The summed E-state index contributed by atoms with van der Waals surface area (Å²) in [5.41, 5.74) is -1.07. The van der Waals surface area contributed by atoms with Gasteiger partial charge in [0.05, 0.1) is 26.4 Å². The van der Waals surface area contributed by atoms with Gasteiger partial charge in [-0.05, 0) is 78.9 Å². The number of hydrogen-bond donors (Lipinski definition) is 1. The van der Waals surface area contributed by atoms with Crippen molar-refractivity contribution in [1.82, 2.24) is 0 Å². The largest absolute Gasteiger partial charge is 0.497 e. The van der Waals surface area contributed by atoms with Crippen LogP contribution in [0.4, 0.5) is 85.1 Å². The fourth-order valence-electron chi connectivity index (χ4n) is 6.95. The van der Waals surface area contributed by atoms with E-state index >= 15 is 8.78 Å². The first-order chi connectivity index (χ1) is 32.5. The highest BCUT2D eigenvalue weighted by molar-refractivity contribution is 6.76. The number of carbonyl (C=O) groups is 2. The van der Waals surface area contributed by atoms with E-state index in [2.05, 4.69) is 5.32 Å². The maximum atomic E-state index is 15.1. The van der Waals surface area contributed by atoms with Gasteiger partial charge in [-0.1, -0.05) is 58.1 Å². The second-order valence-corrected chi connectivity index (χ2v) is 21.3. The van der Waals surface area contributed by atoms with Crippen LogP contribution in [-0.2, 0) is 23.4 Å². The van der Waals surface area contributed by atoms with Gasteiger partial charge in [0.15, 0.2) is 14.4 Å². The van der Waals surface area contributed by atoms with Crippen LogP contribution < -0.4 is 14.8 Å². The Balaban J connectivity index is 2.32. The van der Waals surface area contributed by atoms with E-state index in [1.54, 1.807) is 43.3 Å². The van der Waals surface area contributed by atoms with Gasteiger partial charge in [-0.2, -0.15) is 74.6 Å². The fraction of sp³-hybridized carbons (Fsp3) is 0.591. The molecule has 0 aliphatic rings. The summed E-state index contributed by atoms with van der Waals surface area (Å²) in [6, 6.07) is 10.7. The minimum Gasteiger partial charge on any atom is -0.497 e. The van der Waals surface area contributed by atoms with Crippen molar-refractivity contribution in [1.29, 1.82) is 0 Å². The topological polar surface area (TPSA) is 102 Å². The maximum Gasteiger partial charge on any atom is 0.460 e. The lowest BCUT2D eigenvalue weighted by atomic mass is 9.88. The number of carbonyl (C=O) groups excluding carboxylic acids is 2. The first kappa shape index (κ1) is 62.3. The highest BCUT2D eigenvalue weighted by atomic mass is 28.4. The average molecular weight is 1070 g/mol. The molecule has 0 bridgehead atoms. The smallest absolute Gasteiger partial charge is 0.460 e. The Bertz CT molecular complexity index is 2060. The molecule has 0 aromatic heterocycles. The number of methoxy groups -OCH3 is 2. The standard InChI is InChI=1S/C44H52F17NO8Si/c1-8-67-34(63)14-12-10-9-11-13-33(66-7)35(70-36(64)62-30-17-21-31(65-6)22-18-30)29-15-19-32(20-16-29)68-24-25-69-71(27(2)3,28(4)5)26-23-37(45,46)38(47,48)39(49,50)40(51,52)41(53,54)42(55,56)43(57,58)44(59,60)61/h9-10,12,14-22,27-28,33,35H,8,11,13,23-26H2,1-7H3,(H,62,64)/b10-9+,14-12+/t33-,35-/m1/s1. The van der Waals surface area contributed by atoms with Crippen LogP contribution in [0.5, 0.6) is 11.5 Å². The molecule has 0 fully saturated rings. The number of nitrogens with one attached hydrogen (secondary N) is 1. The van der Waals surface area contributed by atoms with Crippen molar-refractivity contribution >= 4 is 26.1 Å². The maximum absolute atomic E-state index is 15.1. The van der Waals surface area contributed by atoms with Gasteiger partial charge in [0.1, 0.15) is 18.1 Å². The van der Waals surface area contributed by atoms with Gasteiger partial charge in [-0.15, -0.1) is 0 Å². The molecular formula is C44H52F17NO8Si. The zero-order chi connectivity index (χ0) is 54.7. The molecule has 2 atom stereocenters. The van der Waals surface area contributed by atoms with E-state index in [4.69, 9.17) is 28.1 Å². The normalized spacial score (nSPS) is 14.8. The molecular weight excluding hydrogens is 1020 g/mol. The fourth-order valence-corrected chi connectivity index (χ4v) is 11.4. The number of ether oxygens (including phenoxy) is 5. The number of halogens is 17. The highest BCUT2D eigenvalue weighted by Gasteiger charge is 2.95.